The van der Waals surface area contributed by atoms with Gasteiger partial charge in [0.2, 0.25) is 0 Å². The topological polar surface area (TPSA) is 119 Å². The Bertz CT molecular complexity index is 2570. The van der Waals surface area contributed by atoms with Crippen LogP contribution in [0.4, 0.5) is 15.8 Å². The average Bonchev–Trinajstić information content (AvgIpc) is 3.47. The maximum Gasteiger partial charge on any atom is 0.258 e. The van der Waals surface area contributed by atoms with Crippen LogP contribution in [0, 0.1) is 5.82 Å². The summed E-state index contributed by atoms with van der Waals surface area (Å²) >= 11 is 0. The number of likely N-dealkylation sites (N-methyl/N-ethyl adjacent to an activating group) is 2. The number of pyridine rings is 2. The Morgan fingerprint density at radius 1 is 0.603 bits per heavy atom. The first-order valence-corrected chi connectivity index (χ1v) is 19.4. The number of nitrogens with zero attached hydrogens (tertiary/aromatic N) is 8. The second-order valence-corrected chi connectivity index (χ2v) is 14.7. The van der Waals surface area contributed by atoms with Crippen molar-refractivity contribution in [1.82, 2.24) is 28.6 Å². The van der Waals surface area contributed by atoms with Crippen molar-refractivity contribution in [3.05, 3.63) is 106 Å². The zero-order valence-electron chi connectivity index (χ0n) is 33.2. The molecule has 2 aromatic carbocycles. The van der Waals surface area contributed by atoms with Crippen LogP contribution in [0.25, 0.3) is 33.8 Å². The number of rotatable bonds is 6. The van der Waals surface area contributed by atoms with Crippen LogP contribution >= 0.6 is 0 Å². The SMILES string of the molecule is CN1CCCN(c2ccc3nc(-c4ccc5c(c4)OCCO5)cc(=O)n3c2)CC1.COc1ccc(-c2cc(=O)n3cc(N4CCN(C)CC4)cc(F)c3n2)cc1OC. The lowest BCUT2D eigenvalue weighted by Gasteiger charge is -2.34. The molecule has 0 N–H and O–H groups in total. The Labute approximate surface area is 335 Å². The number of ether oxygens (including phenoxy) is 4. The number of piperazine rings is 1. The fraction of sp³-hybridized carbons (Fsp3) is 0.349. The standard InChI is InChI=1S/C22H24N4O3.C21H23FN4O3/c1-24-7-2-8-25(10-9-24)17-4-6-21-23-18(14-22(27)26(21)15-17)16-3-5-19-20(13-16)29-12-11-28-19;1-24-6-8-25(9-7-24)15-11-16(22)21-23-17(12-20(27)26(21)13-15)14-4-5-18(28-2)19(10-14)29-3/h3-6,13-15H,2,7-12H2,1H3;4-5,10-13H,6-9H2,1-3H3. The van der Waals surface area contributed by atoms with E-state index in [0.717, 1.165) is 75.8 Å². The molecule has 302 valence electrons. The Balaban J connectivity index is 0.000000162. The first kappa shape index (κ1) is 38.7. The molecular formula is C43H47FN8O6. The molecule has 0 aliphatic carbocycles. The van der Waals surface area contributed by atoms with Gasteiger partial charge in [0.1, 0.15) is 18.9 Å². The number of halogens is 1. The van der Waals surface area contributed by atoms with Gasteiger partial charge in [0.15, 0.2) is 34.5 Å². The molecular weight excluding hydrogens is 744 g/mol. The average molecular weight is 791 g/mol. The van der Waals surface area contributed by atoms with Crippen LogP contribution in [0.15, 0.2) is 88.7 Å². The zero-order chi connectivity index (χ0) is 40.3. The summed E-state index contributed by atoms with van der Waals surface area (Å²) in [6.07, 6.45) is 4.69. The first-order chi connectivity index (χ1) is 28.2. The summed E-state index contributed by atoms with van der Waals surface area (Å²) in [7, 11) is 7.29. The smallest absolute Gasteiger partial charge is 0.258 e. The van der Waals surface area contributed by atoms with Crippen LogP contribution in [0.1, 0.15) is 6.42 Å². The Morgan fingerprint density at radius 3 is 1.97 bits per heavy atom. The van der Waals surface area contributed by atoms with Crippen molar-refractivity contribution in [1.29, 1.82) is 0 Å². The highest BCUT2D eigenvalue weighted by Crippen LogP contribution is 2.34. The monoisotopic (exact) mass is 790 g/mol. The predicted octanol–water partition coefficient (Wildman–Crippen LogP) is 4.54. The van der Waals surface area contributed by atoms with Crippen LogP contribution in [-0.4, -0.2) is 122 Å². The molecule has 3 aliphatic rings. The lowest BCUT2D eigenvalue weighted by Crippen LogP contribution is -2.44. The van der Waals surface area contributed by atoms with Crippen molar-refractivity contribution in [3.8, 4) is 45.5 Å². The molecule has 7 heterocycles. The molecule has 58 heavy (non-hydrogen) atoms. The van der Waals surface area contributed by atoms with Gasteiger partial charge in [0.25, 0.3) is 11.1 Å². The largest absolute Gasteiger partial charge is 0.493 e. The highest BCUT2D eigenvalue weighted by atomic mass is 19.1. The van der Waals surface area contributed by atoms with Crippen LogP contribution in [0.5, 0.6) is 23.0 Å². The van der Waals surface area contributed by atoms with Gasteiger partial charge in [-0.15, -0.1) is 0 Å². The molecule has 2 fully saturated rings. The van der Waals surface area contributed by atoms with E-state index < -0.39 is 5.82 Å². The number of hydrogen-bond donors (Lipinski definition) is 0. The van der Waals surface area contributed by atoms with Gasteiger partial charge < -0.3 is 38.5 Å². The fourth-order valence-corrected chi connectivity index (χ4v) is 7.46. The van der Waals surface area contributed by atoms with E-state index in [9.17, 15) is 14.0 Å². The summed E-state index contributed by atoms with van der Waals surface area (Å²) in [6.45, 7) is 8.51. The molecule has 0 bridgehead atoms. The summed E-state index contributed by atoms with van der Waals surface area (Å²) in [4.78, 5) is 43.7. The van der Waals surface area contributed by atoms with Gasteiger partial charge in [-0.1, -0.05) is 0 Å². The molecule has 14 nitrogen and oxygen atoms in total. The number of fused-ring (bicyclic) bond motifs is 3. The fourth-order valence-electron chi connectivity index (χ4n) is 7.46. The number of aromatic nitrogens is 4. The third kappa shape index (κ3) is 8.13. The van der Waals surface area contributed by atoms with E-state index in [1.54, 1.807) is 42.0 Å². The molecule has 2 saturated heterocycles. The summed E-state index contributed by atoms with van der Waals surface area (Å²) in [6, 6.07) is 19.3. The van der Waals surface area contributed by atoms with Gasteiger partial charge in [0, 0.05) is 87.5 Å². The lowest BCUT2D eigenvalue weighted by atomic mass is 10.1. The molecule has 0 saturated carbocycles. The molecule has 0 spiro atoms. The normalized spacial score (nSPS) is 16.2. The third-order valence-corrected chi connectivity index (χ3v) is 10.8. The summed E-state index contributed by atoms with van der Waals surface area (Å²) in [5.74, 6) is 1.97. The maximum absolute atomic E-state index is 14.9. The van der Waals surface area contributed by atoms with Gasteiger partial charge >= 0.3 is 0 Å². The van der Waals surface area contributed by atoms with Crippen LogP contribution in [-0.2, 0) is 0 Å². The van der Waals surface area contributed by atoms with Gasteiger partial charge in [-0.05, 0) is 75.6 Å². The van der Waals surface area contributed by atoms with Crippen molar-refractivity contribution < 1.29 is 23.3 Å². The number of anilines is 2. The molecule has 4 aromatic heterocycles. The molecule has 9 rings (SSSR count). The second kappa shape index (κ2) is 16.7. The molecule has 3 aliphatic heterocycles. The van der Waals surface area contributed by atoms with E-state index in [4.69, 9.17) is 23.9 Å². The molecule has 6 aromatic rings. The highest BCUT2D eigenvalue weighted by Gasteiger charge is 2.19. The van der Waals surface area contributed by atoms with E-state index in [1.165, 1.54) is 23.6 Å². The van der Waals surface area contributed by atoms with E-state index in [2.05, 4.69) is 44.7 Å². The molecule has 0 amide bonds. The highest BCUT2D eigenvalue weighted by molar-refractivity contribution is 5.68. The van der Waals surface area contributed by atoms with Crippen LogP contribution < -0.4 is 39.9 Å². The van der Waals surface area contributed by atoms with Gasteiger partial charge in [0.05, 0.1) is 37.0 Å². The van der Waals surface area contributed by atoms with Crippen molar-refractivity contribution in [2.75, 3.05) is 104 Å². The lowest BCUT2D eigenvalue weighted by molar-refractivity contribution is 0.171. The Kier molecular flexibility index (Phi) is 11.2. The Morgan fingerprint density at radius 2 is 1.22 bits per heavy atom. The minimum absolute atomic E-state index is 0.000150. The van der Waals surface area contributed by atoms with Crippen molar-refractivity contribution in [3.63, 3.8) is 0 Å². The van der Waals surface area contributed by atoms with Crippen LogP contribution in [0.2, 0.25) is 0 Å². The number of benzene rings is 2. The number of hydrogen-bond acceptors (Lipinski definition) is 12. The quantitative estimate of drug-likeness (QED) is 0.236. The van der Waals surface area contributed by atoms with E-state index in [0.29, 0.717) is 58.7 Å². The van der Waals surface area contributed by atoms with Gasteiger partial charge in [-0.2, -0.15) is 0 Å². The molecule has 0 unspecified atom stereocenters. The number of methoxy groups -OCH3 is 2. The van der Waals surface area contributed by atoms with Crippen molar-refractivity contribution >= 4 is 22.7 Å². The third-order valence-electron chi connectivity index (χ3n) is 10.8. The summed E-state index contributed by atoms with van der Waals surface area (Å²) in [5.41, 5.74) is 4.45. The van der Waals surface area contributed by atoms with E-state index >= 15 is 0 Å². The minimum atomic E-state index is -0.527. The van der Waals surface area contributed by atoms with Crippen molar-refractivity contribution in [2.24, 2.45) is 0 Å². The second-order valence-electron chi connectivity index (χ2n) is 14.7. The van der Waals surface area contributed by atoms with Gasteiger partial charge in [-0.3, -0.25) is 18.4 Å². The van der Waals surface area contributed by atoms with E-state index in [-0.39, 0.29) is 16.8 Å². The minimum Gasteiger partial charge on any atom is -0.493 e. The van der Waals surface area contributed by atoms with Gasteiger partial charge in [-0.25, -0.2) is 14.4 Å². The predicted molar refractivity (Wildman–Crippen MR) is 222 cm³/mol. The molecule has 15 heteroatoms. The Hall–Kier alpha value is -6.19. The van der Waals surface area contributed by atoms with Crippen LogP contribution in [0.3, 0.4) is 0 Å². The molecule has 0 atom stereocenters. The summed E-state index contributed by atoms with van der Waals surface area (Å²) < 4.78 is 39.6. The first-order valence-electron chi connectivity index (χ1n) is 19.4. The zero-order valence-corrected chi connectivity index (χ0v) is 33.2. The maximum atomic E-state index is 14.9. The van der Waals surface area contributed by atoms with Crippen molar-refractivity contribution in [2.45, 2.75) is 6.42 Å². The molecule has 0 radical (unpaired) electrons. The van der Waals surface area contributed by atoms with E-state index in [1.807, 2.05) is 30.5 Å². The summed E-state index contributed by atoms with van der Waals surface area (Å²) in [5, 5.41) is 0.